The molecular weight excluding hydrogens is 376 g/mol. The molecule has 0 radical (unpaired) electrons. The van der Waals surface area contributed by atoms with E-state index in [1.807, 2.05) is 0 Å². The van der Waals surface area contributed by atoms with Gasteiger partial charge in [-0.15, -0.1) is 28.1 Å². The number of carbonyl (C=O) groups is 1. The minimum absolute atomic E-state index is 0.000278. The molecule has 4 atom stereocenters. The number of carbonyl (C=O) groups excluding carboxylic acids is 1. The number of aromatic nitrogens is 3. The first-order chi connectivity index (χ1) is 13.2. The Morgan fingerprint density at radius 2 is 2.37 bits per heavy atom. The molecule has 2 bridgehead atoms. The molecule has 1 N–H and O–H groups in total. The average molecular weight is 403 g/mol. The lowest BCUT2D eigenvalue weighted by Gasteiger charge is -2.30. The summed E-state index contributed by atoms with van der Waals surface area (Å²) in [5.41, 5.74) is 0. The van der Waals surface area contributed by atoms with Crippen molar-refractivity contribution in [2.75, 3.05) is 12.3 Å². The quantitative estimate of drug-likeness (QED) is 0.525. The van der Waals surface area contributed by atoms with Crippen LogP contribution in [0.15, 0.2) is 35.3 Å². The smallest absolute Gasteiger partial charge is 0.230 e. The van der Waals surface area contributed by atoms with Crippen LogP contribution in [-0.2, 0) is 4.79 Å². The SMILES string of the molecule is C=CCNC(=O)CSc1nnc(-c2cccs2)n1C(C)C1CC2CCC1C2. The first kappa shape index (κ1) is 18.7. The number of rotatable bonds is 8. The molecule has 7 heteroatoms. The highest BCUT2D eigenvalue weighted by molar-refractivity contribution is 7.99. The van der Waals surface area contributed by atoms with E-state index in [-0.39, 0.29) is 5.91 Å². The molecule has 4 unspecified atom stereocenters. The van der Waals surface area contributed by atoms with Crippen LogP contribution in [0, 0.1) is 17.8 Å². The Morgan fingerprint density at radius 3 is 3.04 bits per heavy atom. The minimum Gasteiger partial charge on any atom is -0.352 e. The summed E-state index contributed by atoms with van der Waals surface area (Å²) in [6.45, 7) is 6.44. The molecule has 0 spiro atoms. The number of hydrogen-bond acceptors (Lipinski definition) is 5. The zero-order valence-corrected chi connectivity index (χ0v) is 17.3. The summed E-state index contributed by atoms with van der Waals surface area (Å²) in [7, 11) is 0. The number of thiophene rings is 1. The van der Waals surface area contributed by atoms with E-state index in [1.54, 1.807) is 17.4 Å². The highest BCUT2D eigenvalue weighted by Crippen LogP contribution is 2.53. The van der Waals surface area contributed by atoms with Gasteiger partial charge in [0.15, 0.2) is 11.0 Å². The van der Waals surface area contributed by atoms with E-state index in [1.165, 1.54) is 37.4 Å². The van der Waals surface area contributed by atoms with Crippen LogP contribution in [0.1, 0.15) is 38.6 Å². The summed E-state index contributed by atoms with van der Waals surface area (Å²) in [4.78, 5) is 13.2. The van der Waals surface area contributed by atoms with Gasteiger partial charge < -0.3 is 5.32 Å². The van der Waals surface area contributed by atoms with Gasteiger partial charge in [-0.3, -0.25) is 9.36 Å². The first-order valence-electron chi connectivity index (χ1n) is 9.66. The molecule has 2 aromatic heterocycles. The van der Waals surface area contributed by atoms with Crippen molar-refractivity contribution in [2.45, 2.75) is 43.8 Å². The van der Waals surface area contributed by atoms with E-state index in [4.69, 9.17) is 0 Å². The molecule has 144 valence electrons. The number of fused-ring (bicyclic) bond motifs is 2. The topological polar surface area (TPSA) is 59.8 Å². The maximum absolute atomic E-state index is 12.0. The lowest BCUT2D eigenvalue weighted by molar-refractivity contribution is -0.118. The number of hydrogen-bond donors (Lipinski definition) is 1. The molecule has 27 heavy (non-hydrogen) atoms. The zero-order valence-electron chi connectivity index (χ0n) is 15.6. The molecule has 0 saturated heterocycles. The van der Waals surface area contributed by atoms with Crippen molar-refractivity contribution in [3.63, 3.8) is 0 Å². The zero-order chi connectivity index (χ0) is 18.8. The van der Waals surface area contributed by atoms with E-state index >= 15 is 0 Å². The van der Waals surface area contributed by atoms with Crippen LogP contribution in [0.2, 0.25) is 0 Å². The Bertz CT molecular complexity index is 801. The van der Waals surface area contributed by atoms with Gasteiger partial charge in [0, 0.05) is 12.6 Å². The normalized spacial score (nSPS) is 24.9. The van der Waals surface area contributed by atoms with Gasteiger partial charge in [0.1, 0.15) is 0 Å². The Kier molecular flexibility index (Phi) is 5.68. The van der Waals surface area contributed by atoms with Crippen LogP contribution in [0.4, 0.5) is 0 Å². The minimum atomic E-state index is -0.000278. The van der Waals surface area contributed by atoms with Gasteiger partial charge in [0.2, 0.25) is 5.91 Å². The summed E-state index contributed by atoms with van der Waals surface area (Å²) >= 11 is 3.17. The summed E-state index contributed by atoms with van der Waals surface area (Å²) in [6, 6.07) is 4.51. The van der Waals surface area contributed by atoms with Crippen molar-refractivity contribution in [2.24, 2.45) is 17.8 Å². The Hall–Kier alpha value is -1.60. The number of amides is 1. The van der Waals surface area contributed by atoms with E-state index in [2.05, 4.69) is 51.1 Å². The largest absolute Gasteiger partial charge is 0.352 e. The fourth-order valence-corrected chi connectivity index (χ4v) is 6.32. The van der Waals surface area contributed by atoms with Gasteiger partial charge in [-0.05, 0) is 55.4 Å². The number of nitrogens with zero attached hydrogens (tertiary/aromatic N) is 3. The third-order valence-corrected chi connectivity index (χ3v) is 7.81. The van der Waals surface area contributed by atoms with E-state index in [9.17, 15) is 4.79 Å². The molecule has 5 nitrogen and oxygen atoms in total. The van der Waals surface area contributed by atoms with Crippen molar-refractivity contribution >= 4 is 29.0 Å². The van der Waals surface area contributed by atoms with Crippen LogP contribution < -0.4 is 5.32 Å². The van der Waals surface area contributed by atoms with Crippen molar-refractivity contribution in [1.29, 1.82) is 0 Å². The summed E-state index contributed by atoms with van der Waals surface area (Å²) in [6.07, 6.45) is 7.16. The summed E-state index contributed by atoms with van der Waals surface area (Å²) in [5.74, 6) is 3.71. The second kappa shape index (κ2) is 8.19. The molecule has 0 aliphatic heterocycles. The van der Waals surface area contributed by atoms with Crippen LogP contribution in [0.5, 0.6) is 0 Å². The molecular formula is C20H26N4OS2. The highest BCUT2D eigenvalue weighted by Gasteiger charge is 2.43. The fraction of sp³-hybridized carbons (Fsp3) is 0.550. The molecule has 4 rings (SSSR count). The average Bonchev–Trinajstić information content (AvgIpc) is 3.46. The lowest BCUT2D eigenvalue weighted by atomic mass is 9.84. The molecule has 2 fully saturated rings. The van der Waals surface area contributed by atoms with Gasteiger partial charge >= 0.3 is 0 Å². The fourth-order valence-electron chi connectivity index (χ4n) is 4.76. The van der Waals surface area contributed by atoms with Crippen molar-refractivity contribution in [1.82, 2.24) is 20.1 Å². The monoisotopic (exact) mass is 402 g/mol. The van der Waals surface area contributed by atoms with Crippen LogP contribution in [0.25, 0.3) is 10.7 Å². The van der Waals surface area contributed by atoms with E-state index in [0.29, 0.717) is 24.3 Å². The molecule has 0 aromatic carbocycles. The van der Waals surface area contributed by atoms with Gasteiger partial charge in [0.05, 0.1) is 10.6 Å². The maximum Gasteiger partial charge on any atom is 0.230 e. The van der Waals surface area contributed by atoms with Crippen LogP contribution >= 0.6 is 23.1 Å². The third-order valence-electron chi connectivity index (χ3n) is 6.00. The molecule has 2 aromatic rings. The van der Waals surface area contributed by atoms with Crippen molar-refractivity contribution < 1.29 is 4.79 Å². The van der Waals surface area contributed by atoms with Crippen LogP contribution in [-0.4, -0.2) is 33.0 Å². The predicted octanol–water partition coefficient (Wildman–Crippen LogP) is 4.40. The predicted molar refractivity (Wildman–Crippen MR) is 111 cm³/mol. The molecule has 2 heterocycles. The van der Waals surface area contributed by atoms with Crippen molar-refractivity contribution in [3.05, 3.63) is 30.2 Å². The summed E-state index contributed by atoms with van der Waals surface area (Å²) in [5, 5.41) is 14.7. The standard InChI is InChI=1S/C20H26N4OS2/c1-3-8-21-18(25)12-27-20-23-22-19(17-5-4-9-26-17)24(20)13(2)16-11-14-6-7-15(16)10-14/h3-5,9,13-16H,1,6-8,10-12H2,2H3,(H,21,25). The molecule has 2 saturated carbocycles. The number of nitrogens with one attached hydrogen (secondary N) is 1. The van der Waals surface area contributed by atoms with Gasteiger partial charge in [-0.2, -0.15) is 0 Å². The van der Waals surface area contributed by atoms with Crippen LogP contribution in [0.3, 0.4) is 0 Å². The second-order valence-corrected chi connectivity index (χ2v) is 9.50. The highest BCUT2D eigenvalue weighted by atomic mass is 32.2. The third kappa shape index (κ3) is 3.85. The second-order valence-electron chi connectivity index (χ2n) is 7.61. The van der Waals surface area contributed by atoms with E-state index in [0.717, 1.165) is 27.7 Å². The Balaban J connectivity index is 1.58. The lowest BCUT2D eigenvalue weighted by Crippen LogP contribution is -2.26. The van der Waals surface area contributed by atoms with Crippen molar-refractivity contribution in [3.8, 4) is 10.7 Å². The van der Waals surface area contributed by atoms with Gasteiger partial charge in [-0.1, -0.05) is 30.3 Å². The van der Waals surface area contributed by atoms with Gasteiger partial charge in [0.25, 0.3) is 0 Å². The molecule has 1 amide bonds. The van der Waals surface area contributed by atoms with Gasteiger partial charge in [-0.25, -0.2) is 0 Å². The maximum atomic E-state index is 12.0. The van der Waals surface area contributed by atoms with E-state index < -0.39 is 0 Å². The Morgan fingerprint density at radius 1 is 1.48 bits per heavy atom. The molecule has 2 aliphatic carbocycles. The molecule has 2 aliphatic rings. The first-order valence-corrected chi connectivity index (χ1v) is 11.5. The summed E-state index contributed by atoms with van der Waals surface area (Å²) < 4.78 is 2.29. The Labute approximate surface area is 168 Å². The number of thioether (sulfide) groups is 1.